The summed E-state index contributed by atoms with van der Waals surface area (Å²) in [5, 5.41) is 15.6. The van der Waals surface area contributed by atoms with Gasteiger partial charge in [-0.2, -0.15) is 17.0 Å². The summed E-state index contributed by atoms with van der Waals surface area (Å²) in [5.74, 6) is 1.82. The van der Waals surface area contributed by atoms with Gasteiger partial charge < -0.3 is 4.98 Å². The number of nitrogens with zero attached hydrogens (tertiary/aromatic N) is 3. The molecule has 0 spiro atoms. The molecule has 2 fully saturated rings. The third-order valence-corrected chi connectivity index (χ3v) is 6.86. The molecular weight excluding hydrogens is 328 g/mol. The van der Waals surface area contributed by atoms with E-state index in [2.05, 4.69) is 52.9 Å². The lowest BCUT2D eigenvalue weighted by atomic mass is 9.89. The van der Waals surface area contributed by atoms with Crippen molar-refractivity contribution in [1.82, 2.24) is 15.0 Å². The van der Waals surface area contributed by atoms with Gasteiger partial charge in [-0.05, 0) is 56.4 Å². The number of benzene rings is 1. The standard InChI is InChI=1S/C20H26N4S/c1-20(2)14-24(9-10-25-20)23-7-5-16(6-8-23)18-13-22-19-4-3-15(12-21)11-17(18)19/h3-4,11,13,16,22H,5-10,14H2,1-2H3. The first kappa shape index (κ1) is 17.0. The van der Waals surface area contributed by atoms with Crippen molar-refractivity contribution in [1.29, 1.82) is 5.26 Å². The van der Waals surface area contributed by atoms with Gasteiger partial charge in [0, 0.05) is 53.8 Å². The highest BCUT2D eigenvalue weighted by atomic mass is 32.2. The zero-order valence-electron chi connectivity index (χ0n) is 15.1. The predicted molar refractivity (Wildman–Crippen MR) is 105 cm³/mol. The Bertz CT molecular complexity index is 796. The number of nitriles is 1. The zero-order valence-corrected chi connectivity index (χ0v) is 15.9. The average molecular weight is 355 g/mol. The second kappa shape index (κ2) is 6.68. The monoisotopic (exact) mass is 354 g/mol. The Morgan fingerprint density at radius 1 is 1.20 bits per heavy atom. The van der Waals surface area contributed by atoms with Crippen LogP contribution in [0.1, 0.15) is 43.7 Å². The molecule has 4 rings (SSSR count). The van der Waals surface area contributed by atoms with Gasteiger partial charge in [0.1, 0.15) is 0 Å². The van der Waals surface area contributed by atoms with E-state index < -0.39 is 0 Å². The minimum atomic E-state index is 0.361. The normalized spacial score (nSPS) is 22.9. The Morgan fingerprint density at radius 2 is 2.00 bits per heavy atom. The molecule has 25 heavy (non-hydrogen) atoms. The fourth-order valence-corrected chi connectivity index (χ4v) is 5.34. The number of nitrogens with one attached hydrogen (secondary N) is 1. The van der Waals surface area contributed by atoms with Gasteiger partial charge >= 0.3 is 0 Å². The molecule has 5 heteroatoms. The first-order valence-corrected chi connectivity index (χ1v) is 10.2. The molecule has 1 N–H and O–H groups in total. The number of hydrogen-bond acceptors (Lipinski definition) is 4. The molecule has 2 aromatic rings. The second-order valence-corrected chi connectivity index (χ2v) is 9.64. The molecule has 2 saturated heterocycles. The number of aromatic amines is 1. The van der Waals surface area contributed by atoms with Gasteiger partial charge in [0.05, 0.1) is 11.6 Å². The quantitative estimate of drug-likeness (QED) is 0.887. The molecule has 0 saturated carbocycles. The number of piperidine rings is 1. The van der Waals surface area contributed by atoms with E-state index in [0.29, 0.717) is 10.7 Å². The molecule has 132 valence electrons. The van der Waals surface area contributed by atoms with Crippen molar-refractivity contribution in [2.45, 2.75) is 37.4 Å². The summed E-state index contributed by atoms with van der Waals surface area (Å²) < 4.78 is 0.361. The summed E-state index contributed by atoms with van der Waals surface area (Å²) in [6.45, 7) is 9.31. The van der Waals surface area contributed by atoms with E-state index in [1.807, 2.05) is 18.2 Å². The van der Waals surface area contributed by atoms with Crippen molar-refractivity contribution in [2.75, 3.05) is 31.9 Å². The van der Waals surface area contributed by atoms with Crippen LogP contribution in [-0.4, -0.2) is 51.7 Å². The second-order valence-electron chi connectivity index (χ2n) is 7.84. The molecule has 2 aliphatic rings. The Morgan fingerprint density at radius 3 is 2.72 bits per heavy atom. The maximum atomic E-state index is 9.18. The largest absolute Gasteiger partial charge is 0.361 e. The molecule has 0 amide bonds. The molecule has 1 aromatic carbocycles. The molecule has 4 nitrogen and oxygen atoms in total. The van der Waals surface area contributed by atoms with Crippen LogP contribution in [0.5, 0.6) is 0 Å². The summed E-state index contributed by atoms with van der Waals surface area (Å²) in [7, 11) is 0. The minimum absolute atomic E-state index is 0.361. The van der Waals surface area contributed by atoms with Crippen LogP contribution in [0.4, 0.5) is 0 Å². The van der Waals surface area contributed by atoms with Crippen LogP contribution in [0.3, 0.4) is 0 Å². The Labute approximate surface area is 154 Å². The highest BCUT2D eigenvalue weighted by molar-refractivity contribution is 8.00. The lowest BCUT2D eigenvalue weighted by Crippen LogP contribution is -2.54. The zero-order chi connectivity index (χ0) is 17.4. The van der Waals surface area contributed by atoms with Crippen molar-refractivity contribution < 1.29 is 0 Å². The van der Waals surface area contributed by atoms with Crippen LogP contribution in [0.2, 0.25) is 0 Å². The van der Waals surface area contributed by atoms with Crippen LogP contribution in [-0.2, 0) is 0 Å². The Kier molecular flexibility index (Phi) is 4.53. The summed E-state index contributed by atoms with van der Waals surface area (Å²) in [6.07, 6.45) is 4.54. The lowest BCUT2D eigenvalue weighted by Gasteiger charge is -2.46. The highest BCUT2D eigenvalue weighted by Crippen LogP contribution is 2.36. The van der Waals surface area contributed by atoms with Gasteiger partial charge in [-0.25, -0.2) is 10.0 Å². The number of thioether (sulfide) groups is 1. The molecule has 0 radical (unpaired) electrons. The van der Waals surface area contributed by atoms with Crippen LogP contribution in [0, 0.1) is 11.3 Å². The maximum absolute atomic E-state index is 9.18. The molecule has 3 heterocycles. The van der Waals surface area contributed by atoms with Gasteiger partial charge in [-0.3, -0.25) is 0 Å². The van der Waals surface area contributed by atoms with E-state index in [0.717, 1.165) is 30.7 Å². The topological polar surface area (TPSA) is 46.1 Å². The average Bonchev–Trinajstić information content (AvgIpc) is 3.04. The fourth-order valence-electron chi connectivity index (χ4n) is 4.24. The molecule has 0 atom stereocenters. The van der Waals surface area contributed by atoms with Crippen molar-refractivity contribution in [3.63, 3.8) is 0 Å². The summed E-state index contributed by atoms with van der Waals surface area (Å²) in [6, 6.07) is 8.22. The first-order chi connectivity index (χ1) is 12.1. The van der Waals surface area contributed by atoms with E-state index in [4.69, 9.17) is 0 Å². The van der Waals surface area contributed by atoms with Crippen LogP contribution < -0.4 is 0 Å². The highest BCUT2D eigenvalue weighted by Gasteiger charge is 2.32. The number of rotatable bonds is 2. The SMILES string of the molecule is CC1(C)CN(N2CCC(c3c[nH]c4ccc(C#N)cc34)CC2)CCS1. The molecule has 0 bridgehead atoms. The summed E-state index contributed by atoms with van der Waals surface area (Å²) in [5.41, 5.74) is 3.28. The molecule has 1 aromatic heterocycles. The minimum Gasteiger partial charge on any atom is -0.361 e. The molecule has 2 aliphatic heterocycles. The van der Waals surface area contributed by atoms with Gasteiger partial charge in [-0.15, -0.1) is 0 Å². The van der Waals surface area contributed by atoms with E-state index in [1.54, 1.807) is 0 Å². The van der Waals surface area contributed by atoms with Gasteiger partial charge in [-0.1, -0.05) is 0 Å². The summed E-state index contributed by atoms with van der Waals surface area (Å²) in [4.78, 5) is 3.39. The van der Waals surface area contributed by atoms with Crippen molar-refractivity contribution in [2.24, 2.45) is 0 Å². The van der Waals surface area contributed by atoms with E-state index in [9.17, 15) is 5.26 Å². The van der Waals surface area contributed by atoms with E-state index in [1.165, 1.54) is 36.1 Å². The van der Waals surface area contributed by atoms with Crippen LogP contribution in [0.25, 0.3) is 10.9 Å². The summed E-state index contributed by atoms with van der Waals surface area (Å²) >= 11 is 2.09. The third kappa shape index (κ3) is 3.44. The lowest BCUT2D eigenvalue weighted by molar-refractivity contribution is -0.0455. The maximum Gasteiger partial charge on any atom is 0.0991 e. The van der Waals surface area contributed by atoms with Crippen molar-refractivity contribution >= 4 is 22.7 Å². The smallest absolute Gasteiger partial charge is 0.0991 e. The Hall–Kier alpha value is -1.48. The van der Waals surface area contributed by atoms with E-state index >= 15 is 0 Å². The third-order valence-electron chi connectivity index (χ3n) is 5.56. The fraction of sp³-hybridized carbons (Fsp3) is 0.550. The predicted octanol–water partition coefficient (Wildman–Crippen LogP) is 3.96. The number of fused-ring (bicyclic) bond motifs is 1. The van der Waals surface area contributed by atoms with Crippen LogP contribution >= 0.6 is 11.8 Å². The van der Waals surface area contributed by atoms with Crippen molar-refractivity contribution in [3.8, 4) is 6.07 Å². The van der Waals surface area contributed by atoms with Gasteiger partial charge in [0.15, 0.2) is 0 Å². The number of hydrogen-bond donors (Lipinski definition) is 1. The van der Waals surface area contributed by atoms with Gasteiger partial charge in [0.25, 0.3) is 0 Å². The Balaban J connectivity index is 1.46. The van der Waals surface area contributed by atoms with Crippen molar-refractivity contribution in [3.05, 3.63) is 35.5 Å². The van der Waals surface area contributed by atoms with E-state index in [-0.39, 0.29) is 0 Å². The molecular formula is C20H26N4S. The number of aromatic nitrogens is 1. The van der Waals surface area contributed by atoms with Gasteiger partial charge in [0.2, 0.25) is 0 Å². The molecule has 0 aliphatic carbocycles. The first-order valence-electron chi connectivity index (χ1n) is 9.21. The molecule has 0 unspecified atom stereocenters. The number of hydrazine groups is 1. The van der Waals surface area contributed by atoms with Crippen LogP contribution in [0.15, 0.2) is 24.4 Å². The number of H-pyrrole nitrogens is 1.